The molecule has 3 rings (SSSR count). The average molecular weight is 300 g/mol. The van der Waals surface area contributed by atoms with Crippen molar-refractivity contribution in [2.45, 2.75) is 64.0 Å². The molecule has 2 amide bonds. The molecule has 0 bridgehead atoms. The standard InChI is InChI=1S/C18H24N2O2/c1-13-7-9-15(10-8-13)20-16(11-12-17(20)21)18(22)19-14-5-3-2-4-6-14/h7-10,14,16H,2-6,11-12H2,1H3,(H,19,22). The smallest absolute Gasteiger partial charge is 0.243 e. The first-order valence-corrected chi connectivity index (χ1v) is 8.34. The minimum Gasteiger partial charge on any atom is -0.352 e. The third-order valence-electron chi connectivity index (χ3n) is 4.78. The Morgan fingerprint density at radius 1 is 1.09 bits per heavy atom. The van der Waals surface area contributed by atoms with Crippen LogP contribution in [0.5, 0.6) is 0 Å². The van der Waals surface area contributed by atoms with Crippen LogP contribution in [-0.2, 0) is 9.59 Å². The second-order valence-corrected chi connectivity index (χ2v) is 6.50. The highest BCUT2D eigenvalue weighted by atomic mass is 16.2. The Kier molecular flexibility index (Phi) is 4.46. The molecule has 1 heterocycles. The van der Waals surface area contributed by atoms with E-state index in [0.29, 0.717) is 12.8 Å². The topological polar surface area (TPSA) is 49.4 Å². The van der Waals surface area contributed by atoms with E-state index in [-0.39, 0.29) is 23.9 Å². The lowest BCUT2D eigenvalue weighted by Gasteiger charge is -2.28. The zero-order valence-corrected chi connectivity index (χ0v) is 13.2. The van der Waals surface area contributed by atoms with Crippen molar-refractivity contribution in [2.24, 2.45) is 0 Å². The molecule has 1 aromatic rings. The number of amides is 2. The summed E-state index contributed by atoms with van der Waals surface area (Å²) >= 11 is 0. The second kappa shape index (κ2) is 6.51. The summed E-state index contributed by atoms with van der Waals surface area (Å²) in [5.41, 5.74) is 1.98. The number of carbonyl (C=O) groups is 2. The van der Waals surface area contributed by atoms with Gasteiger partial charge in [0.05, 0.1) is 0 Å². The number of aryl methyl sites for hydroxylation is 1. The molecule has 0 aromatic heterocycles. The van der Waals surface area contributed by atoms with Crippen LogP contribution in [0.15, 0.2) is 24.3 Å². The lowest BCUT2D eigenvalue weighted by molar-refractivity contribution is -0.124. The van der Waals surface area contributed by atoms with E-state index < -0.39 is 0 Å². The lowest BCUT2D eigenvalue weighted by Crippen LogP contribution is -2.48. The van der Waals surface area contributed by atoms with Gasteiger partial charge < -0.3 is 5.32 Å². The van der Waals surface area contributed by atoms with Gasteiger partial charge >= 0.3 is 0 Å². The minimum atomic E-state index is -0.350. The predicted molar refractivity (Wildman–Crippen MR) is 86.7 cm³/mol. The van der Waals surface area contributed by atoms with Crippen molar-refractivity contribution in [2.75, 3.05) is 4.90 Å². The highest BCUT2D eigenvalue weighted by Crippen LogP contribution is 2.27. The highest BCUT2D eigenvalue weighted by molar-refractivity contribution is 6.03. The number of nitrogens with one attached hydrogen (secondary N) is 1. The molecule has 1 aliphatic heterocycles. The third-order valence-corrected chi connectivity index (χ3v) is 4.78. The van der Waals surface area contributed by atoms with Crippen LogP contribution in [0.2, 0.25) is 0 Å². The van der Waals surface area contributed by atoms with E-state index in [0.717, 1.165) is 24.1 Å². The first-order chi connectivity index (χ1) is 10.6. The van der Waals surface area contributed by atoms with Crippen LogP contribution in [0, 0.1) is 6.92 Å². The Hall–Kier alpha value is -1.84. The number of anilines is 1. The normalized spacial score (nSPS) is 22.9. The van der Waals surface area contributed by atoms with Gasteiger partial charge in [0.15, 0.2) is 0 Å². The van der Waals surface area contributed by atoms with E-state index in [1.165, 1.54) is 19.3 Å². The number of nitrogens with zero attached hydrogens (tertiary/aromatic N) is 1. The summed E-state index contributed by atoms with van der Waals surface area (Å²) in [6.07, 6.45) is 6.85. The quantitative estimate of drug-likeness (QED) is 0.933. The molecule has 22 heavy (non-hydrogen) atoms. The first-order valence-electron chi connectivity index (χ1n) is 8.34. The van der Waals surface area contributed by atoms with Crippen LogP contribution in [-0.4, -0.2) is 23.9 Å². The Bertz CT molecular complexity index is 547. The molecule has 0 spiro atoms. The van der Waals surface area contributed by atoms with Gasteiger partial charge in [-0.15, -0.1) is 0 Å². The van der Waals surface area contributed by atoms with Gasteiger partial charge in [-0.2, -0.15) is 0 Å². The maximum absolute atomic E-state index is 12.6. The predicted octanol–water partition coefficient (Wildman–Crippen LogP) is 2.94. The molecule has 1 unspecified atom stereocenters. The SMILES string of the molecule is Cc1ccc(N2C(=O)CCC2C(=O)NC2CCCCC2)cc1. The van der Waals surface area contributed by atoms with Crippen molar-refractivity contribution < 1.29 is 9.59 Å². The summed E-state index contributed by atoms with van der Waals surface area (Å²) in [4.78, 5) is 26.5. The molecular weight excluding hydrogens is 276 g/mol. The zero-order valence-electron chi connectivity index (χ0n) is 13.2. The van der Waals surface area contributed by atoms with Gasteiger partial charge in [-0.05, 0) is 38.3 Å². The van der Waals surface area contributed by atoms with Crippen LogP contribution in [0.1, 0.15) is 50.5 Å². The molecule has 118 valence electrons. The van der Waals surface area contributed by atoms with Gasteiger partial charge in [0, 0.05) is 18.2 Å². The summed E-state index contributed by atoms with van der Waals surface area (Å²) < 4.78 is 0. The molecule has 4 heteroatoms. The summed E-state index contributed by atoms with van der Waals surface area (Å²) in [5, 5.41) is 3.16. The molecule has 2 aliphatic rings. The third kappa shape index (κ3) is 3.16. The number of hydrogen-bond acceptors (Lipinski definition) is 2. The van der Waals surface area contributed by atoms with Crippen LogP contribution in [0.4, 0.5) is 5.69 Å². The molecule has 1 aromatic carbocycles. The van der Waals surface area contributed by atoms with Crippen molar-refractivity contribution in [3.05, 3.63) is 29.8 Å². The first kappa shape index (κ1) is 15.1. The Morgan fingerprint density at radius 3 is 2.45 bits per heavy atom. The fraction of sp³-hybridized carbons (Fsp3) is 0.556. The molecule has 4 nitrogen and oxygen atoms in total. The summed E-state index contributed by atoms with van der Waals surface area (Å²) in [7, 11) is 0. The molecule has 2 fully saturated rings. The van der Waals surface area contributed by atoms with Crippen LogP contribution in [0.3, 0.4) is 0 Å². The zero-order chi connectivity index (χ0) is 15.5. The largest absolute Gasteiger partial charge is 0.352 e. The van der Waals surface area contributed by atoms with Gasteiger partial charge in [0.25, 0.3) is 0 Å². The van der Waals surface area contributed by atoms with Crippen molar-refractivity contribution in [1.82, 2.24) is 5.32 Å². The second-order valence-electron chi connectivity index (χ2n) is 6.50. The van der Waals surface area contributed by atoms with Gasteiger partial charge in [-0.25, -0.2) is 0 Å². The summed E-state index contributed by atoms with van der Waals surface area (Å²) in [6.45, 7) is 2.02. The Labute approximate surface area is 131 Å². The van der Waals surface area contributed by atoms with E-state index in [9.17, 15) is 9.59 Å². The molecule has 1 aliphatic carbocycles. The number of hydrogen-bond donors (Lipinski definition) is 1. The van der Waals surface area contributed by atoms with Crippen molar-refractivity contribution in [3.63, 3.8) is 0 Å². The van der Waals surface area contributed by atoms with Crippen LogP contribution >= 0.6 is 0 Å². The van der Waals surface area contributed by atoms with Crippen molar-refractivity contribution >= 4 is 17.5 Å². The minimum absolute atomic E-state index is 0.0123. The monoisotopic (exact) mass is 300 g/mol. The maximum Gasteiger partial charge on any atom is 0.243 e. The molecular formula is C18H24N2O2. The van der Waals surface area contributed by atoms with Gasteiger partial charge in [0.2, 0.25) is 11.8 Å². The van der Waals surface area contributed by atoms with Gasteiger partial charge in [-0.3, -0.25) is 14.5 Å². The van der Waals surface area contributed by atoms with E-state index in [4.69, 9.17) is 0 Å². The van der Waals surface area contributed by atoms with E-state index in [2.05, 4.69) is 5.32 Å². The molecule has 1 N–H and O–H groups in total. The van der Waals surface area contributed by atoms with Crippen LogP contribution < -0.4 is 10.2 Å². The fourth-order valence-corrected chi connectivity index (χ4v) is 3.51. The number of benzene rings is 1. The summed E-state index contributed by atoms with van der Waals surface area (Å²) in [6, 6.07) is 7.77. The molecule has 0 radical (unpaired) electrons. The van der Waals surface area contributed by atoms with Gasteiger partial charge in [-0.1, -0.05) is 37.0 Å². The molecule has 1 atom stereocenters. The fourth-order valence-electron chi connectivity index (χ4n) is 3.51. The highest BCUT2D eigenvalue weighted by Gasteiger charge is 2.37. The number of rotatable bonds is 3. The van der Waals surface area contributed by atoms with Crippen molar-refractivity contribution in [1.29, 1.82) is 0 Å². The molecule has 1 saturated heterocycles. The van der Waals surface area contributed by atoms with Gasteiger partial charge in [0.1, 0.15) is 6.04 Å². The average Bonchev–Trinajstić information content (AvgIpc) is 2.91. The Balaban J connectivity index is 1.72. The maximum atomic E-state index is 12.6. The van der Waals surface area contributed by atoms with Crippen LogP contribution in [0.25, 0.3) is 0 Å². The Morgan fingerprint density at radius 2 is 1.77 bits per heavy atom. The van der Waals surface area contributed by atoms with E-state index in [1.807, 2.05) is 31.2 Å². The summed E-state index contributed by atoms with van der Waals surface area (Å²) in [5.74, 6) is 0.0611. The molecule has 1 saturated carbocycles. The lowest BCUT2D eigenvalue weighted by atomic mass is 9.95. The number of carbonyl (C=O) groups excluding carboxylic acids is 2. The van der Waals surface area contributed by atoms with Crippen molar-refractivity contribution in [3.8, 4) is 0 Å². The van der Waals surface area contributed by atoms with E-state index in [1.54, 1.807) is 4.90 Å². The van der Waals surface area contributed by atoms with E-state index >= 15 is 0 Å².